The lowest BCUT2D eigenvalue weighted by molar-refractivity contribution is 0.386. The van der Waals surface area contributed by atoms with E-state index in [0.717, 1.165) is 30.0 Å². The second-order valence-electron chi connectivity index (χ2n) is 4.83. The van der Waals surface area contributed by atoms with Crippen molar-refractivity contribution in [3.63, 3.8) is 0 Å². The van der Waals surface area contributed by atoms with Crippen LogP contribution in [0.4, 0.5) is 15.8 Å². The molecule has 1 N–H and O–H groups in total. The number of hydrogen-bond acceptors (Lipinski definition) is 3. The van der Waals surface area contributed by atoms with Gasteiger partial charge in [-0.2, -0.15) is 0 Å². The lowest BCUT2D eigenvalue weighted by Crippen LogP contribution is -2.33. The van der Waals surface area contributed by atoms with Crippen LogP contribution in [0.5, 0.6) is 5.75 Å². The van der Waals surface area contributed by atoms with E-state index in [1.807, 2.05) is 18.2 Å². The predicted molar refractivity (Wildman–Crippen MR) is 86.2 cm³/mol. The molecule has 0 radical (unpaired) electrons. The Balaban J connectivity index is 0.00000161. The smallest absolute Gasteiger partial charge is 0.165 e. The Bertz CT molecular complexity index is 621. The summed E-state index contributed by atoms with van der Waals surface area (Å²) >= 11 is 0. The average Bonchev–Trinajstić information content (AvgIpc) is 2.48. The molecule has 1 heterocycles. The molecule has 5 heteroatoms. The Morgan fingerprint density at radius 3 is 2.81 bits per heavy atom. The molecule has 1 aliphatic rings. The van der Waals surface area contributed by atoms with Gasteiger partial charge in [-0.25, -0.2) is 4.39 Å². The van der Waals surface area contributed by atoms with Gasteiger partial charge in [0.25, 0.3) is 0 Å². The molecule has 0 aliphatic carbocycles. The van der Waals surface area contributed by atoms with Crippen molar-refractivity contribution >= 4 is 23.8 Å². The van der Waals surface area contributed by atoms with E-state index in [1.165, 1.54) is 7.11 Å². The fourth-order valence-corrected chi connectivity index (χ4v) is 2.54. The highest BCUT2D eigenvalue weighted by atomic mass is 35.5. The van der Waals surface area contributed by atoms with Crippen molar-refractivity contribution in [3.8, 4) is 5.75 Å². The monoisotopic (exact) mass is 308 g/mol. The molecule has 0 saturated carbocycles. The minimum absolute atomic E-state index is 0. The van der Waals surface area contributed by atoms with Gasteiger partial charge in [-0.3, -0.25) is 0 Å². The van der Waals surface area contributed by atoms with Gasteiger partial charge in [0.1, 0.15) is 0 Å². The van der Waals surface area contributed by atoms with Crippen LogP contribution < -0.4 is 15.0 Å². The van der Waals surface area contributed by atoms with Gasteiger partial charge in [0.05, 0.1) is 18.5 Å². The molecule has 0 unspecified atom stereocenters. The maximum absolute atomic E-state index is 13.7. The van der Waals surface area contributed by atoms with Crippen molar-refractivity contribution in [2.24, 2.45) is 0 Å². The summed E-state index contributed by atoms with van der Waals surface area (Å²) in [5, 5.41) is 3.37. The lowest BCUT2D eigenvalue weighted by Gasteiger charge is -2.32. The summed E-state index contributed by atoms with van der Waals surface area (Å²) in [5.74, 6) is -0.0251. The number of fused-ring (bicyclic) bond motifs is 1. The maximum atomic E-state index is 13.7. The van der Waals surface area contributed by atoms with E-state index in [9.17, 15) is 4.39 Å². The van der Waals surface area contributed by atoms with Gasteiger partial charge in [0.15, 0.2) is 11.6 Å². The molecule has 0 bridgehead atoms. The van der Waals surface area contributed by atoms with Crippen LogP contribution in [-0.2, 0) is 6.54 Å². The molecule has 2 aromatic rings. The number of nitrogens with one attached hydrogen (secondary N) is 1. The Morgan fingerprint density at radius 1 is 1.24 bits per heavy atom. The molecule has 0 spiro atoms. The highest BCUT2D eigenvalue weighted by molar-refractivity contribution is 5.85. The molecule has 0 saturated heterocycles. The molecular weight excluding hydrogens is 291 g/mol. The first kappa shape index (κ1) is 15.4. The Hall–Kier alpha value is -1.94. The number of halogens is 2. The van der Waals surface area contributed by atoms with Crippen LogP contribution >= 0.6 is 12.4 Å². The Morgan fingerprint density at radius 2 is 2.05 bits per heavy atom. The summed E-state index contributed by atoms with van der Waals surface area (Å²) < 4.78 is 18.7. The average molecular weight is 309 g/mol. The zero-order valence-electron chi connectivity index (χ0n) is 11.8. The van der Waals surface area contributed by atoms with Crippen LogP contribution in [0, 0.1) is 5.82 Å². The number of anilines is 2. The quantitative estimate of drug-likeness (QED) is 0.936. The van der Waals surface area contributed by atoms with Crippen LogP contribution in [-0.4, -0.2) is 20.2 Å². The van der Waals surface area contributed by atoms with E-state index in [1.54, 1.807) is 12.1 Å². The Kier molecular flexibility index (Phi) is 4.91. The topological polar surface area (TPSA) is 24.5 Å². The molecule has 1 aliphatic heterocycles. The van der Waals surface area contributed by atoms with E-state index in [-0.39, 0.29) is 24.0 Å². The minimum atomic E-state index is -0.312. The molecule has 21 heavy (non-hydrogen) atoms. The maximum Gasteiger partial charge on any atom is 0.165 e. The van der Waals surface area contributed by atoms with Gasteiger partial charge in [-0.15, -0.1) is 12.4 Å². The van der Waals surface area contributed by atoms with Crippen LogP contribution in [0.2, 0.25) is 0 Å². The van der Waals surface area contributed by atoms with Crippen molar-refractivity contribution in [2.45, 2.75) is 6.54 Å². The first-order valence-electron chi connectivity index (χ1n) is 6.68. The molecular formula is C16H18ClFN2O. The molecule has 3 nitrogen and oxygen atoms in total. The second-order valence-corrected chi connectivity index (χ2v) is 4.83. The molecule has 2 aromatic carbocycles. The number of nitrogens with zero attached hydrogens (tertiary/aromatic N) is 1. The summed E-state index contributed by atoms with van der Waals surface area (Å²) in [6.07, 6.45) is 0. The number of benzene rings is 2. The zero-order chi connectivity index (χ0) is 13.9. The largest absolute Gasteiger partial charge is 0.494 e. The summed E-state index contributed by atoms with van der Waals surface area (Å²) in [5.41, 5.74) is 3.24. The summed E-state index contributed by atoms with van der Waals surface area (Å²) in [7, 11) is 1.48. The third kappa shape index (κ3) is 3.22. The number of para-hydroxylation sites is 2. The highest BCUT2D eigenvalue weighted by Gasteiger charge is 2.16. The van der Waals surface area contributed by atoms with Gasteiger partial charge in [0, 0.05) is 19.6 Å². The predicted octanol–water partition coefficient (Wildman–Crippen LogP) is 3.69. The number of rotatable bonds is 3. The standard InChI is InChI=1S/C16H17FN2O.ClH/c1-20-16-7-6-12(10-13(16)17)11-19-9-8-18-14-4-2-3-5-15(14)19;/h2-7,10,18H,8-9,11H2,1H3;1H. The lowest BCUT2D eigenvalue weighted by atomic mass is 10.1. The molecule has 0 fully saturated rings. The van der Waals surface area contributed by atoms with Crippen LogP contribution in [0.3, 0.4) is 0 Å². The third-order valence-corrected chi connectivity index (χ3v) is 3.53. The van der Waals surface area contributed by atoms with E-state index < -0.39 is 0 Å². The van der Waals surface area contributed by atoms with Gasteiger partial charge in [0.2, 0.25) is 0 Å². The van der Waals surface area contributed by atoms with E-state index in [0.29, 0.717) is 6.54 Å². The van der Waals surface area contributed by atoms with Crippen LogP contribution in [0.15, 0.2) is 42.5 Å². The van der Waals surface area contributed by atoms with Gasteiger partial charge >= 0.3 is 0 Å². The SMILES string of the molecule is COc1ccc(CN2CCNc3ccccc32)cc1F.Cl. The normalized spacial score (nSPS) is 13.0. The fourth-order valence-electron chi connectivity index (χ4n) is 2.54. The van der Waals surface area contributed by atoms with E-state index >= 15 is 0 Å². The second kappa shape index (κ2) is 6.68. The third-order valence-electron chi connectivity index (χ3n) is 3.53. The van der Waals surface area contributed by atoms with Crippen molar-refractivity contribution in [1.82, 2.24) is 0 Å². The summed E-state index contributed by atoms with van der Waals surface area (Å²) in [6, 6.07) is 13.3. The van der Waals surface area contributed by atoms with Crippen LogP contribution in [0.25, 0.3) is 0 Å². The zero-order valence-corrected chi connectivity index (χ0v) is 12.6. The van der Waals surface area contributed by atoms with Crippen molar-refractivity contribution in [1.29, 1.82) is 0 Å². The van der Waals surface area contributed by atoms with Gasteiger partial charge in [-0.1, -0.05) is 18.2 Å². The summed E-state index contributed by atoms with van der Waals surface area (Å²) in [4.78, 5) is 2.26. The molecule has 0 atom stereocenters. The highest BCUT2D eigenvalue weighted by Crippen LogP contribution is 2.30. The number of methoxy groups -OCH3 is 1. The molecule has 0 amide bonds. The van der Waals surface area contributed by atoms with E-state index in [2.05, 4.69) is 22.3 Å². The summed E-state index contributed by atoms with van der Waals surface area (Å²) in [6.45, 7) is 2.50. The number of hydrogen-bond donors (Lipinski definition) is 1. The van der Waals surface area contributed by atoms with Crippen molar-refractivity contribution < 1.29 is 9.13 Å². The molecule has 0 aromatic heterocycles. The fraction of sp³-hybridized carbons (Fsp3) is 0.250. The van der Waals surface area contributed by atoms with Gasteiger partial charge < -0.3 is 15.0 Å². The van der Waals surface area contributed by atoms with Crippen molar-refractivity contribution in [3.05, 3.63) is 53.8 Å². The first-order chi connectivity index (χ1) is 9.78. The van der Waals surface area contributed by atoms with Crippen molar-refractivity contribution in [2.75, 3.05) is 30.4 Å². The molecule has 3 rings (SSSR count). The first-order valence-corrected chi connectivity index (χ1v) is 6.68. The van der Waals surface area contributed by atoms with Gasteiger partial charge in [-0.05, 0) is 29.8 Å². The Labute approximate surface area is 130 Å². The number of ether oxygens (including phenoxy) is 1. The molecule has 112 valence electrons. The van der Waals surface area contributed by atoms with E-state index in [4.69, 9.17) is 4.74 Å². The minimum Gasteiger partial charge on any atom is -0.494 e. The van der Waals surface area contributed by atoms with Crippen LogP contribution in [0.1, 0.15) is 5.56 Å².